The van der Waals surface area contributed by atoms with Gasteiger partial charge in [-0.3, -0.25) is 9.59 Å². The van der Waals surface area contributed by atoms with Gasteiger partial charge in [0.2, 0.25) is 5.91 Å². The molecule has 2 aromatic rings. The highest BCUT2D eigenvalue weighted by Gasteiger charge is 2.07. The Morgan fingerprint density at radius 3 is 2.80 bits per heavy atom. The molecule has 0 aliphatic heterocycles. The summed E-state index contributed by atoms with van der Waals surface area (Å²) in [6.07, 6.45) is 1.42. The molecule has 0 radical (unpaired) electrons. The van der Waals surface area contributed by atoms with E-state index in [0.29, 0.717) is 23.4 Å². The van der Waals surface area contributed by atoms with Crippen LogP contribution in [0.3, 0.4) is 0 Å². The third-order valence-electron chi connectivity index (χ3n) is 3.14. The molecular formula is C16H20N4O5. The van der Waals surface area contributed by atoms with E-state index in [1.165, 1.54) is 13.2 Å². The number of amides is 1. The first-order chi connectivity index (χ1) is 12.1. The molecule has 0 spiro atoms. The van der Waals surface area contributed by atoms with Crippen molar-refractivity contribution in [1.82, 2.24) is 15.4 Å². The van der Waals surface area contributed by atoms with Crippen molar-refractivity contribution in [3.05, 3.63) is 30.0 Å². The van der Waals surface area contributed by atoms with E-state index in [-0.39, 0.29) is 31.3 Å². The fourth-order valence-electron chi connectivity index (χ4n) is 1.86. The van der Waals surface area contributed by atoms with Crippen LogP contribution in [0.15, 0.2) is 30.0 Å². The molecule has 25 heavy (non-hydrogen) atoms. The molecule has 2 rings (SSSR count). The smallest absolute Gasteiger partial charge is 0.227 e. The summed E-state index contributed by atoms with van der Waals surface area (Å²) in [5.74, 6) is -0.406. The average molecular weight is 348 g/mol. The molecule has 0 saturated heterocycles. The van der Waals surface area contributed by atoms with Gasteiger partial charge in [0.15, 0.2) is 5.78 Å². The predicted octanol–water partition coefficient (Wildman–Crippen LogP) is 1.74. The van der Waals surface area contributed by atoms with E-state index in [9.17, 15) is 9.59 Å². The number of nitrogens with one attached hydrogen (secondary N) is 2. The number of Topliss-reactive ketones (excluding diaryl/α,β-unsaturated/α-hetero) is 1. The summed E-state index contributed by atoms with van der Waals surface area (Å²) < 4.78 is 5.25. The number of hydrogen-bond donors (Lipinski definition) is 2. The third kappa shape index (κ3) is 5.98. The van der Waals surface area contributed by atoms with Crippen molar-refractivity contribution in [2.75, 3.05) is 25.1 Å². The third-order valence-corrected chi connectivity index (χ3v) is 3.14. The van der Waals surface area contributed by atoms with Crippen LogP contribution in [0.5, 0.6) is 0 Å². The molecule has 0 aliphatic rings. The Bertz CT molecular complexity index is 756. The number of carbonyl (C=O) groups is 2. The van der Waals surface area contributed by atoms with Crippen LogP contribution in [0, 0.1) is 0 Å². The van der Waals surface area contributed by atoms with Crippen molar-refractivity contribution in [3.63, 3.8) is 0 Å². The van der Waals surface area contributed by atoms with Crippen LogP contribution >= 0.6 is 0 Å². The zero-order valence-corrected chi connectivity index (χ0v) is 14.1. The summed E-state index contributed by atoms with van der Waals surface area (Å²) in [5, 5.41) is 13.1. The van der Waals surface area contributed by atoms with Crippen molar-refractivity contribution in [2.24, 2.45) is 0 Å². The summed E-state index contributed by atoms with van der Waals surface area (Å²) in [4.78, 5) is 32.9. The summed E-state index contributed by atoms with van der Waals surface area (Å²) in [6.45, 7) is 3.67. The minimum atomic E-state index is -0.216. The van der Waals surface area contributed by atoms with Crippen LogP contribution in [0.2, 0.25) is 0 Å². The van der Waals surface area contributed by atoms with E-state index >= 15 is 0 Å². The minimum Gasteiger partial charge on any atom is -0.500 e. The molecule has 0 aliphatic carbocycles. The zero-order chi connectivity index (χ0) is 18.1. The Hall–Kier alpha value is -2.78. The molecule has 0 unspecified atom stereocenters. The first kappa shape index (κ1) is 18.6. The van der Waals surface area contributed by atoms with Gasteiger partial charge >= 0.3 is 0 Å². The van der Waals surface area contributed by atoms with Crippen LogP contribution < -0.4 is 5.32 Å². The van der Waals surface area contributed by atoms with E-state index in [0.717, 1.165) is 5.52 Å². The molecule has 0 atom stereocenters. The van der Waals surface area contributed by atoms with Crippen LogP contribution in [0.4, 0.5) is 5.69 Å². The molecule has 0 fully saturated rings. The van der Waals surface area contributed by atoms with Crippen LogP contribution in [-0.2, 0) is 24.1 Å². The average Bonchev–Trinajstić information content (AvgIpc) is 3.04. The quantitative estimate of drug-likeness (QED) is 0.221. The molecule has 9 nitrogen and oxygen atoms in total. The molecule has 0 saturated carbocycles. The van der Waals surface area contributed by atoms with Crippen LogP contribution in [0.25, 0.3) is 11.0 Å². The van der Waals surface area contributed by atoms with Crippen molar-refractivity contribution >= 4 is 28.4 Å². The Labute approximate surface area is 144 Å². The standard InChI is InChI=1S/C16H20N4O5/c1-3-24-25-10-12(11(2)21)9-23-7-6-16(22)17-13-4-5-14-15(8-13)19-20-18-14/h4-5,8-9H,3,6-7,10H2,1-2H3,(H,17,22)(H,18,19,20)/b12-9-. The van der Waals surface area contributed by atoms with Gasteiger partial charge in [0.25, 0.3) is 0 Å². The fraction of sp³-hybridized carbons (Fsp3) is 0.375. The number of ketones is 1. The SMILES string of the molecule is CCOOC/C(=C/OCCC(=O)Nc1ccc2n[nH]nc2c1)C(C)=O. The van der Waals surface area contributed by atoms with E-state index in [1.54, 1.807) is 25.1 Å². The normalized spacial score (nSPS) is 11.5. The highest BCUT2D eigenvalue weighted by atomic mass is 17.2. The van der Waals surface area contributed by atoms with Gasteiger partial charge < -0.3 is 10.1 Å². The number of hydrogen-bond acceptors (Lipinski definition) is 7. The summed E-state index contributed by atoms with van der Waals surface area (Å²) in [5.41, 5.74) is 2.33. The van der Waals surface area contributed by atoms with Crippen LogP contribution in [0.1, 0.15) is 20.3 Å². The number of carbonyl (C=O) groups excluding carboxylic acids is 2. The summed E-state index contributed by atoms with van der Waals surface area (Å²) in [7, 11) is 0. The Kier molecular flexibility index (Phi) is 7.05. The number of anilines is 1. The van der Waals surface area contributed by atoms with Crippen molar-refractivity contribution in [2.45, 2.75) is 20.3 Å². The predicted molar refractivity (Wildman–Crippen MR) is 89.4 cm³/mol. The lowest BCUT2D eigenvalue weighted by molar-refractivity contribution is -0.284. The lowest BCUT2D eigenvalue weighted by atomic mass is 10.2. The van der Waals surface area contributed by atoms with Gasteiger partial charge in [-0.15, -0.1) is 0 Å². The number of aromatic nitrogens is 3. The van der Waals surface area contributed by atoms with Crippen molar-refractivity contribution in [3.8, 4) is 0 Å². The maximum absolute atomic E-state index is 11.9. The second kappa shape index (κ2) is 9.50. The van der Waals surface area contributed by atoms with Gasteiger partial charge in [-0.1, -0.05) is 0 Å². The maximum Gasteiger partial charge on any atom is 0.227 e. The summed E-state index contributed by atoms with van der Waals surface area (Å²) >= 11 is 0. The zero-order valence-electron chi connectivity index (χ0n) is 14.1. The lowest BCUT2D eigenvalue weighted by Gasteiger charge is -2.07. The lowest BCUT2D eigenvalue weighted by Crippen LogP contribution is -2.14. The van der Waals surface area contributed by atoms with Gasteiger partial charge in [-0.2, -0.15) is 15.4 Å². The van der Waals surface area contributed by atoms with Gasteiger partial charge in [-0.05, 0) is 32.0 Å². The number of benzene rings is 1. The number of H-pyrrole nitrogens is 1. The minimum absolute atomic E-state index is 0.00686. The number of fused-ring (bicyclic) bond motifs is 1. The Morgan fingerprint density at radius 2 is 2.04 bits per heavy atom. The van der Waals surface area contributed by atoms with Crippen molar-refractivity contribution < 1.29 is 24.1 Å². The molecule has 2 N–H and O–H groups in total. The van der Waals surface area contributed by atoms with E-state index < -0.39 is 0 Å². The fourth-order valence-corrected chi connectivity index (χ4v) is 1.86. The second-order valence-corrected chi connectivity index (χ2v) is 5.06. The molecule has 1 amide bonds. The first-order valence-electron chi connectivity index (χ1n) is 7.76. The Balaban J connectivity index is 1.76. The number of ether oxygens (including phenoxy) is 1. The van der Waals surface area contributed by atoms with Crippen LogP contribution in [-0.4, -0.2) is 46.9 Å². The molecule has 134 valence electrons. The highest BCUT2D eigenvalue weighted by Crippen LogP contribution is 2.14. The molecule has 1 aromatic heterocycles. The first-order valence-corrected chi connectivity index (χ1v) is 7.76. The van der Waals surface area contributed by atoms with Gasteiger partial charge in [0.1, 0.15) is 17.6 Å². The van der Waals surface area contributed by atoms with Gasteiger partial charge in [-0.25, -0.2) is 9.78 Å². The Morgan fingerprint density at radius 1 is 1.24 bits per heavy atom. The monoisotopic (exact) mass is 348 g/mol. The molecular weight excluding hydrogens is 328 g/mol. The highest BCUT2D eigenvalue weighted by molar-refractivity contribution is 5.93. The van der Waals surface area contributed by atoms with Gasteiger partial charge in [0.05, 0.1) is 31.5 Å². The number of nitrogens with zero attached hydrogens (tertiary/aromatic N) is 2. The largest absolute Gasteiger partial charge is 0.500 e. The van der Waals surface area contributed by atoms with E-state index in [2.05, 4.69) is 20.7 Å². The maximum atomic E-state index is 11.9. The number of rotatable bonds is 10. The molecule has 1 heterocycles. The van der Waals surface area contributed by atoms with E-state index in [4.69, 9.17) is 14.5 Å². The number of aromatic amines is 1. The topological polar surface area (TPSA) is 115 Å². The summed E-state index contributed by atoms with van der Waals surface area (Å²) in [6, 6.07) is 5.21. The molecule has 0 bridgehead atoms. The molecule has 9 heteroatoms. The van der Waals surface area contributed by atoms with E-state index in [1.807, 2.05) is 0 Å². The van der Waals surface area contributed by atoms with Gasteiger partial charge in [0, 0.05) is 5.69 Å². The molecule has 1 aromatic carbocycles. The van der Waals surface area contributed by atoms with Crippen molar-refractivity contribution in [1.29, 1.82) is 0 Å². The second-order valence-electron chi connectivity index (χ2n) is 5.06.